The first-order chi connectivity index (χ1) is 15.7. The number of carbonyl (C=O) groups excluding carboxylic acids is 3. The van der Waals surface area contributed by atoms with Crippen LogP contribution in [0, 0.1) is 19.7 Å². The quantitative estimate of drug-likeness (QED) is 0.386. The van der Waals surface area contributed by atoms with E-state index < -0.39 is 23.7 Å². The van der Waals surface area contributed by atoms with E-state index in [0.717, 1.165) is 22.6 Å². The Kier molecular flexibility index (Phi) is 6.03. The van der Waals surface area contributed by atoms with Gasteiger partial charge in [-0.2, -0.15) is 0 Å². The molecule has 0 aliphatic carbocycles. The minimum Gasteiger partial charge on any atom is -0.315 e. The maximum atomic E-state index is 14.6. The van der Waals surface area contributed by atoms with Crippen molar-refractivity contribution in [1.82, 2.24) is 9.88 Å². The highest BCUT2D eigenvalue weighted by atomic mass is 79.9. The topological polar surface area (TPSA) is 71.4 Å². The Morgan fingerprint density at radius 2 is 1.73 bits per heavy atom. The Morgan fingerprint density at radius 1 is 1.03 bits per heavy atom. The number of rotatable bonds is 4. The van der Waals surface area contributed by atoms with Crippen molar-refractivity contribution in [2.45, 2.75) is 27.2 Å². The fraction of sp³-hybridized carbons (Fsp3) is 0.160. The number of aryl methyl sites for hydroxylation is 2. The van der Waals surface area contributed by atoms with E-state index in [1.807, 2.05) is 26.0 Å². The van der Waals surface area contributed by atoms with E-state index in [1.165, 1.54) is 12.1 Å². The van der Waals surface area contributed by atoms with Gasteiger partial charge in [0.15, 0.2) is 0 Å². The van der Waals surface area contributed by atoms with Crippen molar-refractivity contribution in [1.29, 1.82) is 0 Å². The van der Waals surface area contributed by atoms with Crippen LogP contribution in [0.25, 0.3) is 11.8 Å². The number of aromatic nitrogens is 1. The summed E-state index contributed by atoms with van der Waals surface area (Å²) in [5.74, 6) is -1.90. The number of benzene rings is 2. The molecule has 33 heavy (non-hydrogen) atoms. The fourth-order valence-electron chi connectivity index (χ4n) is 3.90. The van der Waals surface area contributed by atoms with Crippen molar-refractivity contribution in [2.75, 3.05) is 4.90 Å². The Morgan fingerprint density at radius 3 is 2.36 bits per heavy atom. The van der Waals surface area contributed by atoms with Crippen molar-refractivity contribution < 1.29 is 18.8 Å². The van der Waals surface area contributed by atoms with E-state index in [4.69, 9.17) is 0 Å². The predicted octanol–water partition coefficient (Wildman–Crippen LogP) is 5.22. The Balaban J connectivity index is 1.75. The molecule has 0 atom stereocenters. The lowest BCUT2D eigenvalue weighted by molar-refractivity contribution is -0.122. The molecule has 1 saturated heterocycles. The van der Waals surface area contributed by atoms with Crippen molar-refractivity contribution in [3.05, 3.63) is 86.9 Å². The van der Waals surface area contributed by atoms with Crippen LogP contribution in [-0.2, 0) is 16.0 Å². The largest absolute Gasteiger partial charge is 0.335 e. The molecule has 1 fully saturated rings. The standard InChI is InChI=1S/C25H21BrFN3O3/c1-4-16-5-8-19(9-6-16)30-24(32)20(23(31)28-25(30)33)12-17-11-14(2)29(15(17)3)22-10-7-18(26)13-21(22)27/h5-13H,4H2,1-3H3,(H,28,31,33)/b20-12-. The van der Waals surface area contributed by atoms with Gasteiger partial charge in [-0.05, 0) is 73.9 Å². The van der Waals surface area contributed by atoms with Gasteiger partial charge in [0.25, 0.3) is 11.8 Å². The molecular formula is C25H21BrFN3O3. The normalized spacial score (nSPS) is 15.4. The molecule has 4 amide bonds. The van der Waals surface area contributed by atoms with Crippen LogP contribution in [0.15, 0.2) is 58.6 Å². The van der Waals surface area contributed by atoms with Crippen molar-refractivity contribution in [3.63, 3.8) is 0 Å². The highest BCUT2D eigenvalue weighted by molar-refractivity contribution is 9.10. The number of carbonyl (C=O) groups is 3. The lowest BCUT2D eigenvalue weighted by atomic mass is 10.1. The van der Waals surface area contributed by atoms with E-state index in [0.29, 0.717) is 27.1 Å². The summed E-state index contributed by atoms with van der Waals surface area (Å²) in [6.45, 7) is 5.59. The average Bonchev–Trinajstić information content (AvgIpc) is 3.04. The van der Waals surface area contributed by atoms with Crippen LogP contribution in [0.3, 0.4) is 0 Å². The number of hydrogen-bond acceptors (Lipinski definition) is 3. The first kappa shape index (κ1) is 22.7. The monoisotopic (exact) mass is 509 g/mol. The smallest absolute Gasteiger partial charge is 0.315 e. The zero-order valence-corrected chi connectivity index (χ0v) is 19.9. The molecule has 0 unspecified atom stereocenters. The van der Waals surface area contributed by atoms with E-state index in [-0.39, 0.29) is 5.57 Å². The molecule has 2 heterocycles. The van der Waals surface area contributed by atoms with Crippen molar-refractivity contribution >= 4 is 45.5 Å². The number of hydrogen-bond donors (Lipinski definition) is 1. The molecule has 1 aromatic heterocycles. The number of imide groups is 2. The first-order valence-corrected chi connectivity index (χ1v) is 11.1. The van der Waals surface area contributed by atoms with Crippen LogP contribution in [0.5, 0.6) is 0 Å². The second-order valence-electron chi connectivity index (χ2n) is 7.74. The molecule has 1 aliphatic heterocycles. The third kappa shape index (κ3) is 4.14. The van der Waals surface area contributed by atoms with E-state index in [9.17, 15) is 18.8 Å². The van der Waals surface area contributed by atoms with Gasteiger partial charge in [0.1, 0.15) is 11.4 Å². The molecule has 0 bridgehead atoms. The van der Waals surface area contributed by atoms with Gasteiger partial charge in [-0.1, -0.05) is 35.0 Å². The number of halogens is 2. The second kappa shape index (κ2) is 8.78. The van der Waals surface area contributed by atoms with Crippen molar-refractivity contribution in [2.24, 2.45) is 0 Å². The minimum absolute atomic E-state index is 0.175. The van der Waals surface area contributed by atoms with Gasteiger partial charge in [0.05, 0.1) is 11.4 Å². The van der Waals surface area contributed by atoms with Crippen LogP contribution < -0.4 is 10.2 Å². The van der Waals surface area contributed by atoms with Gasteiger partial charge in [-0.3, -0.25) is 14.9 Å². The van der Waals surface area contributed by atoms with Crippen LogP contribution in [0.4, 0.5) is 14.9 Å². The van der Waals surface area contributed by atoms with Gasteiger partial charge in [0.2, 0.25) is 0 Å². The van der Waals surface area contributed by atoms with Crippen molar-refractivity contribution in [3.8, 4) is 5.69 Å². The molecule has 168 valence electrons. The summed E-state index contributed by atoms with van der Waals surface area (Å²) in [5, 5.41) is 2.23. The lowest BCUT2D eigenvalue weighted by Gasteiger charge is -2.26. The maximum Gasteiger partial charge on any atom is 0.335 e. The van der Waals surface area contributed by atoms with Gasteiger partial charge in [-0.25, -0.2) is 14.1 Å². The zero-order chi connectivity index (χ0) is 23.9. The first-order valence-electron chi connectivity index (χ1n) is 10.4. The number of nitrogens with zero attached hydrogens (tertiary/aromatic N) is 2. The van der Waals surface area contributed by atoms with Crippen LogP contribution in [0.1, 0.15) is 29.4 Å². The molecule has 0 radical (unpaired) electrons. The van der Waals surface area contributed by atoms with E-state index in [2.05, 4.69) is 21.2 Å². The SMILES string of the molecule is CCc1ccc(N2C(=O)NC(=O)/C(=C/c3cc(C)n(-c4ccc(Br)cc4F)c3C)C2=O)cc1. The Labute approximate surface area is 198 Å². The Bertz CT molecular complexity index is 1330. The number of urea groups is 1. The highest BCUT2D eigenvalue weighted by Gasteiger charge is 2.37. The molecule has 4 rings (SSSR count). The van der Waals surface area contributed by atoms with E-state index in [1.54, 1.807) is 41.8 Å². The number of barbiturate groups is 1. The third-order valence-electron chi connectivity index (χ3n) is 5.63. The molecule has 1 N–H and O–H groups in total. The third-order valence-corrected chi connectivity index (χ3v) is 6.12. The molecule has 0 saturated carbocycles. The summed E-state index contributed by atoms with van der Waals surface area (Å²) in [5.41, 5.74) is 3.56. The summed E-state index contributed by atoms with van der Waals surface area (Å²) >= 11 is 3.25. The number of amides is 4. The molecule has 2 aromatic carbocycles. The van der Waals surface area contributed by atoms with E-state index >= 15 is 0 Å². The molecular weight excluding hydrogens is 489 g/mol. The molecule has 6 nitrogen and oxygen atoms in total. The molecule has 8 heteroatoms. The summed E-state index contributed by atoms with van der Waals surface area (Å²) in [4.78, 5) is 39.1. The van der Waals surface area contributed by atoms with Gasteiger partial charge >= 0.3 is 6.03 Å². The fourth-order valence-corrected chi connectivity index (χ4v) is 4.23. The zero-order valence-electron chi connectivity index (χ0n) is 18.3. The van der Waals surface area contributed by atoms with Gasteiger partial charge in [-0.15, -0.1) is 0 Å². The van der Waals surface area contributed by atoms with Crippen LogP contribution >= 0.6 is 15.9 Å². The van der Waals surface area contributed by atoms with Crippen LogP contribution in [0.2, 0.25) is 0 Å². The number of anilines is 1. The summed E-state index contributed by atoms with van der Waals surface area (Å²) in [7, 11) is 0. The lowest BCUT2D eigenvalue weighted by Crippen LogP contribution is -2.54. The summed E-state index contributed by atoms with van der Waals surface area (Å²) in [6.07, 6.45) is 2.26. The van der Waals surface area contributed by atoms with Crippen LogP contribution in [-0.4, -0.2) is 22.4 Å². The molecule has 3 aromatic rings. The Hall–Kier alpha value is -3.52. The number of nitrogens with one attached hydrogen (secondary N) is 1. The molecule has 0 spiro atoms. The predicted molar refractivity (Wildman–Crippen MR) is 128 cm³/mol. The minimum atomic E-state index is -0.797. The second-order valence-corrected chi connectivity index (χ2v) is 8.65. The average molecular weight is 510 g/mol. The summed E-state index contributed by atoms with van der Waals surface area (Å²) < 4.78 is 16.9. The maximum absolute atomic E-state index is 14.6. The summed E-state index contributed by atoms with van der Waals surface area (Å²) in [6, 6.07) is 12.7. The van der Waals surface area contributed by atoms with Gasteiger partial charge < -0.3 is 4.57 Å². The highest BCUT2D eigenvalue weighted by Crippen LogP contribution is 2.28. The van der Waals surface area contributed by atoms with Gasteiger partial charge in [0, 0.05) is 15.9 Å². The molecule has 1 aliphatic rings.